The van der Waals surface area contributed by atoms with Gasteiger partial charge in [0, 0.05) is 12.1 Å². The largest absolute Gasteiger partial charge is 0.328 e. The van der Waals surface area contributed by atoms with Crippen LogP contribution in [0.1, 0.15) is 24.8 Å². The molecule has 3 atom stereocenters. The number of hydrogen-bond acceptors (Lipinski definition) is 1. The van der Waals surface area contributed by atoms with Crippen LogP contribution in [0.3, 0.4) is 0 Å². The maximum atomic E-state index is 13.3. The van der Waals surface area contributed by atoms with E-state index in [2.05, 4.69) is 0 Å². The lowest BCUT2D eigenvalue weighted by Gasteiger charge is -2.05. The summed E-state index contributed by atoms with van der Waals surface area (Å²) < 4.78 is 38.9. The Balaban J connectivity index is 2.27. The lowest BCUT2D eigenvalue weighted by molar-refractivity contribution is 0.488. The van der Waals surface area contributed by atoms with Gasteiger partial charge in [-0.05, 0) is 36.8 Å². The second-order valence-corrected chi connectivity index (χ2v) is 4.15. The van der Waals surface area contributed by atoms with Crippen molar-refractivity contribution < 1.29 is 13.2 Å². The van der Waals surface area contributed by atoms with Crippen LogP contribution in [0, 0.1) is 23.4 Å². The van der Waals surface area contributed by atoms with Gasteiger partial charge in [-0.25, -0.2) is 13.2 Å². The summed E-state index contributed by atoms with van der Waals surface area (Å²) in [5.74, 6) is -2.69. The highest BCUT2D eigenvalue weighted by atomic mass is 19.2. The summed E-state index contributed by atoms with van der Waals surface area (Å²) in [6.07, 6.45) is 0.750. The third-order valence-corrected chi connectivity index (χ3v) is 2.95. The molecule has 0 amide bonds. The van der Waals surface area contributed by atoms with E-state index >= 15 is 0 Å². The van der Waals surface area contributed by atoms with Gasteiger partial charge in [-0.1, -0.05) is 0 Å². The van der Waals surface area contributed by atoms with Crippen molar-refractivity contribution in [2.75, 3.05) is 0 Å². The van der Waals surface area contributed by atoms with Gasteiger partial charge in [0.25, 0.3) is 0 Å². The van der Waals surface area contributed by atoms with Gasteiger partial charge < -0.3 is 5.73 Å². The molecule has 2 rings (SSSR count). The first-order valence-electron chi connectivity index (χ1n) is 4.90. The minimum Gasteiger partial charge on any atom is -0.328 e. The Hall–Kier alpha value is -1.03. The van der Waals surface area contributed by atoms with E-state index in [1.165, 1.54) is 0 Å². The van der Waals surface area contributed by atoms with Crippen molar-refractivity contribution in [3.63, 3.8) is 0 Å². The van der Waals surface area contributed by atoms with Crippen molar-refractivity contribution in [1.29, 1.82) is 0 Å². The molecule has 1 fully saturated rings. The highest BCUT2D eigenvalue weighted by molar-refractivity contribution is 5.29. The molecule has 15 heavy (non-hydrogen) atoms. The first-order valence-corrected chi connectivity index (χ1v) is 4.90. The van der Waals surface area contributed by atoms with Crippen molar-refractivity contribution in [3.05, 3.63) is 35.1 Å². The smallest absolute Gasteiger partial charge is 0.161 e. The first kappa shape index (κ1) is 10.5. The maximum absolute atomic E-state index is 13.3. The number of benzene rings is 1. The number of halogens is 3. The van der Waals surface area contributed by atoms with Crippen LogP contribution in [-0.2, 0) is 0 Å². The van der Waals surface area contributed by atoms with E-state index in [-0.39, 0.29) is 23.4 Å². The summed E-state index contributed by atoms with van der Waals surface area (Å²) in [5.41, 5.74) is 5.90. The summed E-state index contributed by atoms with van der Waals surface area (Å²) in [6.45, 7) is 1.84. The molecule has 1 aliphatic carbocycles. The zero-order valence-electron chi connectivity index (χ0n) is 8.31. The molecule has 1 aliphatic rings. The molecule has 1 saturated carbocycles. The summed E-state index contributed by atoms with van der Waals surface area (Å²) >= 11 is 0. The summed E-state index contributed by atoms with van der Waals surface area (Å²) in [6, 6.07) is 1.50. The van der Waals surface area contributed by atoms with Crippen molar-refractivity contribution >= 4 is 0 Å². The molecule has 0 radical (unpaired) electrons. The molecule has 0 bridgehead atoms. The van der Waals surface area contributed by atoms with E-state index in [4.69, 9.17) is 5.73 Å². The van der Waals surface area contributed by atoms with Gasteiger partial charge >= 0.3 is 0 Å². The molecule has 0 aromatic heterocycles. The normalized spacial score (nSPS) is 26.5. The molecule has 1 aromatic rings. The molecular weight excluding hydrogens is 203 g/mol. The maximum Gasteiger partial charge on any atom is 0.161 e. The molecule has 0 aliphatic heterocycles. The fraction of sp³-hybridized carbons (Fsp3) is 0.455. The molecule has 0 spiro atoms. The molecule has 82 valence electrons. The molecule has 0 saturated heterocycles. The molecule has 1 aromatic carbocycles. The third-order valence-electron chi connectivity index (χ3n) is 2.95. The van der Waals surface area contributed by atoms with Gasteiger partial charge in [-0.3, -0.25) is 0 Å². The number of hydrogen-bond donors (Lipinski definition) is 1. The predicted molar refractivity (Wildman–Crippen MR) is 50.8 cm³/mol. The van der Waals surface area contributed by atoms with Gasteiger partial charge in [0.05, 0.1) is 0 Å². The Morgan fingerprint density at radius 1 is 1.20 bits per heavy atom. The van der Waals surface area contributed by atoms with Crippen molar-refractivity contribution in [3.8, 4) is 0 Å². The summed E-state index contributed by atoms with van der Waals surface area (Å²) in [4.78, 5) is 0. The van der Waals surface area contributed by atoms with Crippen LogP contribution in [0.5, 0.6) is 0 Å². The third kappa shape index (κ3) is 1.86. The topological polar surface area (TPSA) is 26.0 Å². The predicted octanol–water partition coefficient (Wildman–Crippen LogP) is 2.55. The zero-order chi connectivity index (χ0) is 11.2. The molecular formula is C11H12F3N. The van der Waals surface area contributed by atoms with E-state index < -0.39 is 17.5 Å². The van der Waals surface area contributed by atoms with Crippen LogP contribution in [-0.4, -0.2) is 6.04 Å². The van der Waals surface area contributed by atoms with Crippen molar-refractivity contribution in [1.82, 2.24) is 0 Å². The van der Waals surface area contributed by atoms with Crippen LogP contribution in [0.15, 0.2) is 12.1 Å². The lowest BCUT2D eigenvalue weighted by Crippen LogP contribution is -2.18. The van der Waals surface area contributed by atoms with E-state index in [0.29, 0.717) is 6.07 Å². The van der Waals surface area contributed by atoms with Crippen LogP contribution in [0.4, 0.5) is 13.2 Å². The highest BCUT2D eigenvalue weighted by Crippen LogP contribution is 2.49. The lowest BCUT2D eigenvalue weighted by atomic mass is 10.1. The number of nitrogens with two attached hydrogens (primary N) is 1. The van der Waals surface area contributed by atoms with Gasteiger partial charge in [-0.2, -0.15) is 0 Å². The van der Waals surface area contributed by atoms with Gasteiger partial charge in [0.15, 0.2) is 11.6 Å². The Bertz CT molecular complexity index is 390. The van der Waals surface area contributed by atoms with Crippen molar-refractivity contribution in [2.45, 2.75) is 25.3 Å². The average Bonchev–Trinajstić information content (AvgIpc) is 2.90. The van der Waals surface area contributed by atoms with Gasteiger partial charge in [-0.15, -0.1) is 0 Å². The standard InChI is InChI=1S/C11H12F3N/c1-5(15)6-2-7(6)8-3-10(13)11(14)4-9(8)12/h3-7H,2,15H2,1H3. The van der Waals surface area contributed by atoms with E-state index in [1.54, 1.807) is 0 Å². The van der Waals surface area contributed by atoms with Crippen LogP contribution in [0.25, 0.3) is 0 Å². The van der Waals surface area contributed by atoms with Crippen LogP contribution < -0.4 is 5.73 Å². The molecule has 2 N–H and O–H groups in total. The molecule has 0 heterocycles. The minimum atomic E-state index is -1.14. The van der Waals surface area contributed by atoms with Crippen LogP contribution >= 0.6 is 0 Å². The van der Waals surface area contributed by atoms with Gasteiger partial charge in [0.2, 0.25) is 0 Å². The minimum absolute atomic E-state index is 0.0393. The summed E-state index contributed by atoms with van der Waals surface area (Å²) in [7, 11) is 0. The highest BCUT2D eigenvalue weighted by Gasteiger charge is 2.42. The molecule has 1 nitrogen and oxygen atoms in total. The fourth-order valence-corrected chi connectivity index (χ4v) is 1.98. The number of rotatable bonds is 2. The fourth-order valence-electron chi connectivity index (χ4n) is 1.98. The zero-order valence-corrected chi connectivity index (χ0v) is 8.31. The quantitative estimate of drug-likeness (QED) is 0.754. The molecule has 3 unspecified atom stereocenters. The van der Waals surface area contributed by atoms with Gasteiger partial charge in [0.1, 0.15) is 5.82 Å². The second-order valence-electron chi connectivity index (χ2n) is 4.15. The van der Waals surface area contributed by atoms with E-state index in [1.807, 2.05) is 6.92 Å². The Labute approximate surface area is 86.1 Å². The van der Waals surface area contributed by atoms with E-state index in [0.717, 1.165) is 12.5 Å². The SMILES string of the molecule is CC(N)C1CC1c1cc(F)c(F)cc1F. The Morgan fingerprint density at radius 2 is 1.80 bits per heavy atom. The second kappa shape index (κ2) is 3.52. The average molecular weight is 215 g/mol. The van der Waals surface area contributed by atoms with Crippen molar-refractivity contribution in [2.24, 2.45) is 11.7 Å². The molecule has 4 heteroatoms. The summed E-state index contributed by atoms with van der Waals surface area (Å²) in [5, 5.41) is 0. The van der Waals surface area contributed by atoms with E-state index in [9.17, 15) is 13.2 Å². The van der Waals surface area contributed by atoms with Crippen LogP contribution in [0.2, 0.25) is 0 Å². The Morgan fingerprint density at radius 3 is 2.33 bits per heavy atom. The monoisotopic (exact) mass is 215 g/mol. The first-order chi connectivity index (χ1) is 7.00. The Kier molecular flexibility index (Phi) is 2.46.